The minimum Gasteiger partial charge on any atom is -0.297 e. The molecule has 0 unspecified atom stereocenters. The Balaban J connectivity index is 2.72. The third-order valence-corrected chi connectivity index (χ3v) is 2.06. The average molecular weight is 194 g/mol. The molecule has 0 fully saturated rings. The van der Waals surface area contributed by atoms with Gasteiger partial charge in [-0.05, 0) is 18.6 Å². The number of hydrogen-bond donors (Lipinski definition) is 0. The molecule has 3 heteroatoms. The summed E-state index contributed by atoms with van der Waals surface area (Å²) in [5.74, 6) is -0.246. The Morgan fingerprint density at radius 3 is 2.93 bits per heavy atom. The van der Waals surface area contributed by atoms with Gasteiger partial charge in [-0.1, -0.05) is 13.3 Å². The molecule has 1 aromatic rings. The maximum absolute atomic E-state index is 13.2. The molecule has 0 saturated carbocycles. The summed E-state index contributed by atoms with van der Waals surface area (Å²) in [6.45, 7) is 2.08. The Hall–Kier alpha value is -1.25. The van der Waals surface area contributed by atoms with Crippen LogP contribution < -0.4 is 0 Å². The number of hydrogen-bond acceptors (Lipinski definition) is 2. The smallest absolute Gasteiger partial charge is 0.145 e. The second-order valence-electron chi connectivity index (χ2n) is 3.15. The van der Waals surface area contributed by atoms with Crippen molar-refractivity contribution in [1.82, 2.24) is 4.98 Å². The van der Waals surface area contributed by atoms with E-state index < -0.39 is 0 Å². The Labute approximate surface area is 83.9 Å². The van der Waals surface area contributed by atoms with E-state index in [-0.39, 0.29) is 5.82 Å². The first-order valence-electron chi connectivity index (χ1n) is 4.81. The second kappa shape index (κ2) is 5.47. The van der Waals surface area contributed by atoms with E-state index in [0.29, 0.717) is 12.1 Å². The van der Waals surface area contributed by atoms with Crippen molar-refractivity contribution in [3.05, 3.63) is 29.8 Å². The van der Waals surface area contributed by atoms with Crippen molar-refractivity contribution >= 4 is 5.71 Å². The summed E-state index contributed by atoms with van der Waals surface area (Å²) < 4.78 is 13.2. The molecule has 76 valence electrons. The van der Waals surface area contributed by atoms with Crippen LogP contribution in [-0.4, -0.2) is 17.7 Å². The molecule has 0 aliphatic heterocycles. The molecule has 1 rings (SSSR count). The van der Waals surface area contributed by atoms with Gasteiger partial charge in [0.25, 0.3) is 0 Å². The predicted octanol–water partition coefficient (Wildman–Crippen LogP) is 2.63. The summed E-state index contributed by atoms with van der Waals surface area (Å²) >= 11 is 0. The highest BCUT2D eigenvalue weighted by Gasteiger charge is 2.05. The van der Waals surface area contributed by atoms with Crippen LogP contribution in [0.2, 0.25) is 0 Å². The summed E-state index contributed by atoms with van der Waals surface area (Å²) in [5.41, 5.74) is 1.49. The molecule has 2 nitrogen and oxygen atoms in total. The first-order chi connectivity index (χ1) is 6.77. The molecule has 0 radical (unpaired) electrons. The zero-order valence-corrected chi connectivity index (χ0v) is 8.63. The van der Waals surface area contributed by atoms with Gasteiger partial charge in [0.05, 0.1) is 5.69 Å². The van der Waals surface area contributed by atoms with Crippen LogP contribution in [0.15, 0.2) is 23.3 Å². The first-order valence-corrected chi connectivity index (χ1v) is 4.81. The molecule has 0 aliphatic rings. The summed E-state index contributed by atoms with van der Waals surface area (Å²) in [5, 5.41) is 0. The van der Waals surface area contributed by atoms with E-state index >= 15 is 0 Å². The van der Waals surface area contributed by atoms with Crippen LogP contribution in [0.25, 0.3) is 0 Å². The molecular formula is C11H15FN2. The van der Waals surface area contributed by atoms with E-state index in [1.165, 1.54) is 6.07 Å². The van der Waals surface area contributed by atoms with Crippen LogP contribution in [0.1, 0.15) is 25.5 Å². The van der Waals surface area contributed by atoms with Crippen molar-refractivity contribution in [2.45, 2.75) is 26.2 Å². The van der Waals surface area contributed by atoms with Crippen LogP contribution in [0, 0.1) is 5.82 Å². The maximum atomic E-state index is 13.2. The lowest BCUT2D eigenvalue weighted by atomic mass is 10.1. The lowest BCUT2D eigenvalue weighted by molar-refractivity contribution is 0.606. The molecule has 1 aromatic heterocycles. The van der Waals surface area contributed by atoms with Gasteiger partial charge in [0.15, 0.2) is 0 Å². The molecule has 0 atom stereocenters. The topological polar surface area (TPSA) is 25.2 Å². The molecule has 1 heterocycles. The van der Waals surface area contributed by atoms with Gasteiger partial charge in [-0.15, -0.1) is 0 Å². The minimum absolute atomic E-state index is 0.246. The number of aromatic nitrogens is 1. The molecule has 0 aromatic carbocycles. The van der Waals surface area contributed by atoms with Crippen LogP contribution in [0.4, 0.5) is 4.39 Å². The summed E-state index contributed by atoms with van der Waals surface area (Å²) in [7, 11) is 1.74. The van der Waals surface area contributed by atoms with Crippen molar-refractivity contribution < 1.29 is 4.39 Å². The fourth-order valence-corrected chi connectivity index (χ4v) is 1.31. The Morgan fingerprint density at radius 1 is 1.57 bits per heavy atom. The van der Waals surface area contributed by atoms with Crippen LogP contribution in [-0.2, 0) is 6.42 Å². The molecule has 0 aliphatic carbocycles. The molecule has 0 saturated heterocycles. The van der Waals surface area contributed by atoms with E-state index in [2.05, 4.69) is 16.9 Å². The molecule has 0 spiro atoms. The number of halogens is 1. The van der Waals surface area contributed by atoms with Crippen molar-refractivity contribution in [1.29, 1.82) is 0 Å². The largest absolute Gasteiger partial charge is 0.297 e. The lowest BCUT2D eigenvalue weighted by Gasteiger charge is -2.04. The normalized spacial score (nSPS) is 11.8. The summed E-state index contributed by atoms with van der Waals surface area (Å²) in [6, 6.07) is 3.03. The predicted molar refractivity (Wildman–Crippen MR) is 56.2 cm³/mol. The number of pyridine rings is 1. The molecule has 14 heavy (non-hydrogen) atoms. The van der Waals surface area contributed by atoms with Gasteiger partial charge >= 0.3 is 0 Å². The number of aliphatic imine (C=N–C) groups is 1. The van der Waals surface area contributed by atoms with Gasteiger partial charge in [-0.25, -0.2) is 4.39 Å². The third kappa shape index (κ3) is 2.91. The molecule has 0 amide bonds. The first kappa shape index (κ1) is 10.8. The highest BCUT2D eigenvalue weighted by molar-refractivity contribution is 5.86. The summed E-state index contributed by atoms with van der Waals surface area (Å²) in [4.78, 5) is 8.12. The second-order valence-corrected chi connectivity index (χ2v) is 3.15. The quantitative estimate of drug-likeness (QED) is 0.676. The zero-order chi connectivity index (χ0) is 10.4. The highest BCUT2D eigenvalue weighted by atomic mass is 19.1. The Bertz CT molecular complexity index is 321. The van der Waals surface area contributed by atoms with Crippen molar-refractivity contribution in [3.8, 4) is 0 Å². The van der Waals surface area contributed by atoms with E-state index in [4.69, 9.17) is 0 Å². The molecule has 0 bridgehead atoms. The molecule has 0 N–H and O–H groups in total. The maximum Gasteiger partial charge on any atom is 0.145 e. The van der Waals surface area contributed by atoms with Crippen LogP contribution >= 0.6 is 0 Å². The third-order valence-electron chi connectivity index (χ3n) is 2.06. The van der Waals surface area contributed by atoms with Crippen LogP contribution in [0.5, 0.6) is 0 Å². The Morgan fingerprint density at radius 2 is 2.36 bits per heavy atom. The monoisotopic (exact) mass is 194 g/mol. The van der Waals surface area contributed by atoms with Crippen molar-refractivity contribution in [2.75, 3.05) is 7.05 Å². The van der Waals surface area contributed by atoms with E-state index in [0.717, 1.165) is 18.6 Å². The minimum atomic E-state index is -0.246. The molecular weight excluding hydrogens is 179 g/mol. The van der Waals surface area contributed by atoms with Crippen molar-refractivity contribution in [2.24, 2.45) is 4.99 Å². The van der Waals surface area contributed by atoms with Gasteiger partial charge in [0.1, 0.15) is 5.82 Å². The summed E-state index contributed by atoms with van der Waals surface area (Å²) in [6.07, 6.45) is 4.07. The lowest BCUT2D eigenvalue weighted by Crippen LogP contribution is -2.06. The van der Waals surface area contributed by atoms with Gasteiger partial charge in [0.2, 0.25) is 0 Å². The number of rotatable bonds is 4. The van der Waals surface area contributed by atoms with Gasteiger partial charge in [0, 0.05) is 25.4 Å². The number of nitrogens with zero attached hydrogens (tertiary/aromatic N) is 2. The highest BCUT2D eigenvalue weighted by Crippen LogP contribution is 2.06. The van der Waals surface area contributed by atoms with Gasteiger partial charge in [-0.2, -0.15) is 0 Å². The van der Waals surface area contributed by atoms with E-state index in [1.807, 2.05) is 0 Å². The fourth-order valence-electron chi connectivity index (χ4n) is 1.31. The van der Waals surface area contributed by atoms with E-state index in [9.17, 15) is 4.39 Å². The van der Waals surface area contributed by atoms with Gasteiger partial charge in [-0.3, -0.25) is 9.98 Å². The fraction of sp³-hybridized carbons (Fsp3) is 0.455. The zero-order valence-electron chi connectivity index (χ0n) is 8.63. The average Bonchev–Trinajstić information content (AvgIpc) is 2.20. The van der Waals surface area contributed by atoms with E-state index in [1.54, 1.807) is 19.3 Å². The van der Waals surface area contributed by atoms with Gasteiger partial charge < -0.3 is 0 Å². The Kier molecular flexibility index (Phi) is 4.23. The SMILES string of the molecule is CCCC(Cc1ncccc1F)=NC. The van der Waals surface area contributed by atoms with Crippen molar-refractivity contribution in [3.63, 3.8) is 0 Å². The van der Waals surface area contributed by atoms with Crippen LogP contribution in [0.3, 0.4) is 0 Å². The standard InChI is InChI=1S/C11H15FN2/c1-3-5-9(13-2)8-11-10(12)6-4-7-14-11/h4,6-7H,3,5,8H2,1-2H3.